The zero-order valence-corrected chi connectivity index (χ0v) is 16.2. The van der Waals surface area contributed by atoms with Gasteiger partial charge in [-0.05, 0) is 24.7 Å². The fraction of sp³-hybridized carbons (Fsp3) is 0.571. The second kappa shape index (κ2) is 7.75. The lowest BCUT2D eigenvalue weighted by atomic mass is 9.73. The normalized spacial score (nSPS) is 33.0. The molecule has 4 rings (SSSR count). The molecular formula is C21H28N2O2S. The molecule has 3 aliphatic rings. The standard InChI is InChI=1S/C21H28N2O2S/c1-26-14-20(24)22-12-17-18-13-23(15-21(18)10-9-19(17)25-21)11-5-8-16-6-3-2-4-7-16/h2-8,17-19H,9-15H2,1H3,(H,22,24)/t17-,18+,19+,21+/m0/s1. The first kappa shape index (κ1) is 18.1. The maximum atomic E-state index is 11.8. The van der Waals surface area contributed by atoms with Crippen molar-refractivity contribution >= 4 is 23.7 Å². The summed E-state index contributed by atoms with van der Waals surface area (Å²) in [5.74, 6) is 1.72. The fourth-order valence-corrected chi connectivity index (χ4v) is 5.38. The molecule has 26 heavy (non-hydrogen) atoms. The van der Waals surface area contributed by atoms with Gasteiger partial charge in [0.15, 0.2) is 0 Å². The van der Waals surface area contributed by atoms with Gasteiger partial charge in [0.05, 0.1) is 17.5 Å². The van der Waals surface area contributed by atoms with Gasteiger partial charge in [0.25, 0.3) is 0 Å². The number of hydrogen-bond donors (Lipinski definition) is 1. The number of nitrogens with zero attached hydrogens (tertiary/aromatic N) is 1. The van der Waals surface area contributed by atoms with E-state index in [9.17, 15) is 4.79 Å². The molecule has 1 aromatic rings. The molecule has 1 N–H and O–H groups in total. The van der Waals surface area contributed by atoms with Crippen LogP contribution in [0.15, 0.2) is 36.4 Å². The Morgan fingerprint density at radius 1 is 1.42 bits per heavy atom. The summed E-state index contributed by atoms with van der Waals surface area (Å²) in [5.41, 5.74) is 1.29. The van der Waals surface area contributed by atoms with Crippen molar-refractivity contribution in [1.29, 1.82) is 0 Å². The van der Waals surface area contributed by atoms with Crippen LogP contribution in [0.3, 0.4) is 0 Å². The first-order chi connectivity index (χ1) is 12.7. The lowest BCUT2D eigenvalue weighted by molar-refractivity contribution is -0.118. The highest BCUT2D eigenvalue weighted by atomic mass is 32.2. The largest absolute Gasteiger partial charge is 0.370 e. The number of thioether (sulfide) groups is 1. The molecule has 1 aromatic carbocycles. The molecular weight excluding hydrogens is 344 g/mol. The lowest BCUT2D eigenvalue weighted by Crippen LogP contribution is -2.42. The molecule has 0 saturated carbocycles. The SMILES string of the molecule is CSCC(=O)NC[C@H]1[C@H]2CN(CC=Cc3ccccc3)C[C@]23CC[C@H]1O3. The zero-order chi connectivity index (χ0) is 18.0. The van der Waals surface area contributed by atoms with Crippen LogP contribution in [0.2, 0.25) is 0 Å². The van der Waals surface area contributed by atoms with Crippen LogP contribution < -0.4 is 5.32 Å². The van der Waals surface area contributed by atoms with E-state index in [4.69, 9.17) is 4.74 Å². The summed E-state index contributed by atoms with van der Waals surface area (Å²) in [6.45, 7) is 3.85. The van der Waals surface area contributed by atoms with Gasteiger partial charge in [-0.1, -0.05) is 42.5 Å². The topological polar surface area (TPSA) is 41.6 Å². The molecule has 3 heterocycles. The van der Waals surface area contributed by atoms with Crippen molar-refractivity contribution in [3.05, 3.63) is 42.0 Å². The minimum Gasteiger partial charge on any atom is -0.370 e. The third-order valence-corrected chi connectivity index (χ3v) is 6.69. The highest BCUT2D eigenvalue weighted by Gasteiger charge is 2.62. The Morgan fingerprint density at radius 2 is 2.27 bits per heavy atom. The van der Waals surface area contributed by atoms with Crippen molar-refractivity contribution in [2.24, 2.45) is 11.8 Å². The van der Waals surface area contributed by atoms with Gasteiger partial charge in [0.1, 0.15) is 0 Å². The maximum absolute atomic E-state index is 11.8. The molecule has 0 radical (unpaired) electrons. The highest BCUT2D eigenvalue weighted by Crippen LogP contribution is 2.54. The number of benzene rings is 1. The van der Waals surface area contributed by atoms with Gasteiger partial charge in [-0.25, -0.2) is 0 Å². The number of amides is 1. The van der Waals surface area contributed by atoms with E-state index in [-0.39, 0.29) is 11.5 Å². The molecule has 0 aliphatic carbocycles. The van der Waals surface area contributed by atoms with Gasteiger partial charge in [-0.15, -0.1) is 0 Å². The third-order valence-electron chi connectivity index (χ3n) is 6.14. The Bertz CT molecular complexity index is 665. The predicted molar refractivity (Wildman–Crippen MR) is 107 cm³/mol. The molecule has 5 heteroatoms. The first-order valence-corrected chi connectivity index (χ1v) is 11.0. The van der Waals surface area contributed by atoms with E-state index in [1.807, 2.05) is 12.3 Å². The number of fused-ring (bicyclic) bond motifs is 1. The minimum absolute atomic E-state index is 0.0418. The molecule has 1 spiro atoms. The Hall–Kier alpha value is -1.30. The van der Waals surface area contributed by atoms with Crippen LogP contribution in [-0.4, -0.2) is 60.7 Å². The van der Waals surface area contributed by atoms with Gasteiger partial charge in [-0.2, -0.15) is 11.8 Å². The number of hydrogen-bond acceptors (Lipinski definition) is 4. The van der Waals surface area contributed by atoms with Crippen LogP contribution in [0.5, 0.6) is 0 Å². The van der Waals surface area contributed by atoms with Crippen LogP contribution in [0.4, 0.5) is 0 Å². The summed E-state index contributed by atoms with van der Waals surface area (Å²) in [6.07, 6.45) is 9.09. The van der Waals surface area contributed by atoms with Gasteiger partial charge < -0.3 is 10.1 Å². The monoisotopic (exact) mass is 372 g/mol. The number of nitrogens with one attached hydrogen (secondary N) is 1. The van der Waals surface area contributed by atoms with Crippen molar-refractivity contribution < 1.29 is 9.53 Å². The lowest BCUT2D eigenvalue weighted by Gasteiger charge is -2.29. The van der Waals surface area contributed by atoms with E-state index in [1.165, 1.54) is 12.0 Å². The number of rotatable bonds is 7. The van der Waals surface area contributed by atoms with Crippen LogP contribution in [0, 0.1) is 11.8 Å². The molecule has 1 amide bonds. The molecule has 4 nitrogen and oxygen atoms in total. The summed E-state index contributed by atoms with van der Waals surface area (Å²) in [6, 6.07) is 10.4. The van der Waals surface area contributed by atoms with E-state index in [1.54, 1.807) is 11.8 Å². The highest BCUT2D eigenvalue weighted by molar-refractivity contribution is 7.99. The third kappa shape index (κ3) is 3.57. The fourth-order valence-electron chi connectivity index (χ4n) is 5.01. The molecule has 3 fully saturated rings. The predicted octanol–water partition coefficient (Wildman–Crippen LogP) is 2.66. The second-order valence-electron chi connectivity index (χ2n) is 7.77. The number of likely N-dealkylation sites (tertiary alicyclic amines) is 1. The van der Waals surface area contributed by atoms with Crippen LogP contribution in [0.1, 0.15) is 18.4 Å². The van der Waals surface area contributed by atoms with Crippen molar-refractivity contribution in [2.45, 2.75) is 24.5 Å². The van der Waals surface area contributed by atoms with E-state index in [0.717, 1.165) is 32.6 Å². The second-order valence-corrected chi connectivity index (χ2v) is 8.64. The molecule has 140 valence electrons. The smallest absolute Gasteiger partial charge is 0.229 e. The van der Waals surface area contributed by atoms with E-state index < -0.39 is 0 Å². The van der Waals surface area contributed by atoms with E-state index >= 15 is 0 Å². The van der Waals surface area contributed by atoms with Crippen LogP contribution >= 0.6 is 11.8 Å². The van der Waals surface area contributed by atoms with Gasteiger partial charge >= 0.3 is 0 Å². The average Bonchev–Trinajstić information content (AvgIpc) is 3.29. The molecule has 4 atom stereocenters. The van der Waals surface area contributed by atoms with Crippen molar-refractivity contribution in [3.8, 4) is 0 Å². The van der Waals surface area contributed by atoms with Crippen molar-refractivity contribution in [1.82, 2.24) is 10.2 Å². The maximum Gasteiger partial charge on any atom is 0.229 e. The van der Waals surface area contributed by atoms with E-state index in [2.05, 4.69) is 46.6 Å². The summed E-state index contributed by atoms with van der Waals surface area (Å²) in [5, 5.41) is 3.13. The number of ether oxygens (including phenoxy) is 1. The Labute approximate surface area is 160 Å². The summed E-state index contributed by atoms with van der Waals surface area (Å²) in [7, 11) is 0. The zero-order valence-electron chi connectivity index (χ0n) is 15.4. The summed E-state index contributed by atoms with van der Waals surface area (Å²) < 4.78 is 6.46. The van der Waals surface area contributed by atoms with Gasteiger partial charge in [0.2, 0.25) is 5.91 Å². The van der Waals surface area contributed by atoms with Crippen LogP contribution in [-0.2, 0) is 9.53 Å². The summed E-state index contributed by atoms with van der Waals surface area (Å²) in [4.78, 5) is 14.4. The minimum atomic E-state index is 0.0418. The first-order valence-electron chi connectivity index (χ1n) is 9.57. The van der Waals surface area contributed by atoms with E-state index in [0.29, 0.717) is 23.7 Å². The Morgan fingerprint density at radius 3 is 3.08 bits per heavy atom. The van der Waals surface area contributed by atoms with Crippen molar-refractivity contribution in [2.75, 3.05) is 38.2 Å². The molecule has 2 bridgehead atoms. The Kier molecular flexibility index (Phi) is 5.39. The Balaban J connectivity index is 1.34. The molecule has 3 saturated heterocycles. The van der Waals surface area contributed by atoms with Gasteiger partial charge in [-0.3, -0.25) is 9.69 Å². The average molecular weight is 373 g/mol. The molecule has 0 aromatic heterocycles. The summed E-state index contributed by atoms with van der Waals surface area (Å²) >= 11 is 1.57. The van der Waals surface area contributed by atoms with Gasteiger partial charge in [0, 0.05) is 38.0 Å². The number of carbonyl (C=O) groups is 1. The van der Waals surface area contributed by atoms with Crippen molar-refractivity contribution in [3.63, 3.8) is 0 Å². The van der Waals surface area contributed by atoms with Crippen LogP contribution in [0.25, 0.3) is 6.08 Å². The quantitative estimate of drug-likeness (QED) is 0.799. The molecule has 0 unspecified atom stereocenters. The molecule has 3 aliphatic heterocycles. The number of carbonyl (C=O) groups excluding carboxylic acids is 1.